The normalized spacial score (nSPS) is 13.8. The minimum Gasteiger partial charge on any atom is -0.495 e. The molecule has 1 amide bonds. The fourth-order valence-electron chi connectivity index (χ4n) is 3.75. The molecule has 0 aliphatic carbocycles. The zero-order chi connectivity index (χ0) is 23.2. The van der Waals surface area contributed by atoms with Gasteiger partial charge in [0.2, 0.25) is 5.91 Å². The van der Waals surface area contributed by atoms with Crippen LogP contribution in [0, 0.1) is 0 Å². The van der Waals surface area contributed by atoms with Crippen LogP contribution in [0.4, 0.5) is 5.69 Å². The maximum absolute atomic E-state index is 12.7. The number of likely N-dealkylation sites (tertiary alicyclic amines) is 1. The second-order valence-electron chi connectivity index (χ2n) is 7.58. The first-order chi connectivity index (χ1) is 16.1. The van der Waals surface area contributed by atoms with Crippen LogP contribution in [-0.4, -0.2) is 58.6 Å². The highest BCUT2D eigenvalue weighted by Gasteiger charge is 2.20. The van der Waals surface area contributed by atoms with E-state index in [1.807, 2.05) is 34.9 Å². The van der Waals surface area contributed by atoms with E-state index in [2.05, 4.69) is 20.4 Å². The van der Waals surface area contributed by atoms with Gasteiger partial charge in [0.1, 0.15) is 11.5 Å². The number of carbonyl (C=O) groups excluding carboxylic acids is 1. The van der Waals surface area contributed by atoms with Crippen molar-refractivity contribution in [2.24, 2.45) is 0 Å². The third-order valence-electron chi connectivity index (χ3n) is 5.36. The van der Waals surface area contributed by atoms with Crippen LogP contribution in [0.15, 0.2) is 47.6 Å². The van der Waals surface area contributed by atoms with Gasteiger partial charge in [0.15, 0.2) is 11.0 Å². The van der Waals surface area contributed by atoms with Gasteiger partial charge in [0.25, 0.3) is 0 Å². The summed E-state index contributed by atoms with van der Waals surface area (Å²) in [5.41, 5.74) is 1.45. The van der Waals surface area contributed by atoms with E-state index in [-0.39, 0.29) is 11.7 Å². The van der Waals surface area contributed by atoms with E-state index in [0.717, 1.165) is 31.1 Å². The van der Waals surface area contributed by atoms with Gasteiger partial charge in [-0.15, -0.1) is 10.2 Å². The fraction of sp³-hybridized carbons (Fsp3) is 0.348. The number of carbonyl (C=O) groups is 1. The SMILES string of the molecule is COc1cc(OC)c(NC(=O)CSc2nnc(CN3CCCC3)n2-c2ccccc2)cc1Cl. The van der Waals surface area contributed by atoms with Crippen LogP contribution in [0.5, 0.6) is 11.5 Å². The summed E-state index contributed by atoms with van der Waals surface area (Å²) < 4.78 is 12.6. The molecule has 2 aromatic carbocycles. The number of benzene rings is 2. The van der Waals surface area contributed by atoms with Gasteiger partial charge in [-0.1, -0.05) is 41.6 Å². The Bertz CT molecular complexity index is 1100. The third-order valence-corrected chi connectivity index (χ3v) is 6.58. The number of nitrogens with one attached hydrogen (secondary N) is 1. The van der Waals surface area contributed by atoms with Crippen molar-refractivity contribution in [3.63, 3.8) is 0 Å². The lowest BCUT2D eigenvalue weighted by Gasteiger charge is -2.16. The van der Waals surface area contributed by atoms with Crippen LogP contribution in [-0.2, 0) is 11.3 Å². The average Bonchev–Trinajstić information content (AvgIpc) is 3.49. The molecule has 1 aliphatic rings. The summed E-state index contributed by atoms with van der Waals surface area (Å²) >= 11 is 7.55. The smallest absolute Gasteiger partial charge is 0.234 e. The highest BCUT2D eigenvalue weighted by molar-refractivity contribution is 7.99. The summed E-state index contributed by atoms with van der Waals surface area (Å²) in [4.78, 5) is 15.1. The van der Waals surface area contributed by atoms with Crippen molar-refractivity contribution in [3.05, 3.63) is 53.3 Å². The molecule has 0 atom stereocenters. The van der Waals surface area contributed by atoms with Gasteiger partial charge in [-0.2, -0.15) is 0 Å². The van der Waals surface area contributed by atoms with Crippen LogP contribution >= 0.6 is 23.4 Å². The molecule has 0 saturated carbocycles. The molecule has 0 radical (unpaired) electrons. The predicted molar refractivity (Wildman–Crippen MR) is 130 cm³/mol. The molecular formula is C23H26ClN5O3S. The van der Waals surface area contributed by atoms with Crippen LogP contribution in [0.2, 0.25) is 5.02 Å². The van der Waals surface area contributed by atoms with Crippen molar-refractivity contribution in [1.29, 1.82) is 0 Å². The summed E-state index contributed by atoms with van der Waals surface area (Å²) in [7, 11) is 3.05. The number of anilines is 1. The Morgan fingerprint density at radius 2 is 1.82 bits per heavy atom. The molecule has 2 heterocycles. The number of para-hydroxylation sites is 1. The summed E-state index contributed by atoms with van der Waals surface area (Å²) in [5, 5.41) is 12.7. The van der Waals surface area contributed by atoms with Crippen molar-refractivity contribution >= 4 is 35.0 Å². The quantitative estimate of drug-likeness (QED) is 0.451. The number of methoxy groups -OCH3 is 2. The molecule has 3 aromatic rings. The minimum atomic E-state index is -0.205. The lowest BCUT2D eigenvalue weighted by Crippen LogP contribution is -2.21. The Morgan fingerprint density at radius 1 is 1.09 bits per heavy atom. The van der Waals surface area contributed by atoms with Gasteiger partial charge in [-0.25, -0.2) is 0 Å². The zero-order valence-corrected chi connectivity index (χ0v) is 20.2. The third kappa shape index (κ3) is 5.61. The monoisotopic (exact) mass is 487 g/mol. The molecule has 1 aliphatic heterocycles. The lowest BCUT2D eigenvalue weighted by atomic mass is 10.2. The molecule has 174 valence electrons. The molecule has 8 nitrogen and oxygen atoms in total. The highest BCUT2D eigenvalue weighted by atomic mass is 35.5. The van der Waals surface area contributed by atoms with Crippen LogP contribution < -0.4 is 14.8 Å². The topological polar surface area (TPSA) is 81.5 Å². The highest BCUT2D eigenvalue weighted by Crippen LogP contribution is 2.36. The number of rotatable bonds is 9. The van der Waals surface area contributed by atoms with Crippen LogP contribution in [0.3, 0.4) is 0 Å². The Kier molecular flexibility index (Phi) is 7.74. The van der Waals surface area contributed by atoms with E-state index >= 15 is 0 Å². The first kappa shape index (κ1) is 23.4. The fourth-order valence-corrected chi connectivity index (χ4v) is 4.76. The van der Waals surface area contributed by atoms with E-state index in [1.165, 1.54) is 38.8 Å². The number of aromatic nitrogens is 3. The number of ether oxygens (including phenoxy) is 2. The molecule has 4 rings (SSSR count). The molecular weight excluding hydrogens is 462 g/mol. The van der Waals surface area contributed by atoms with Gasteiger partial charge in [0.05, 0.1) is 37.2 Å². The Morgan fingerprint density at radius 3 is 2.52 bits per heavy atom. The predicted octanol–water partition coefficient (Wildman–Crippen LogP) is 4.26. The molecule has 1 saturated heterocycles. The summed E-state index contributed by atoms with van der Waals surface area (Å²) in [6.07, 6.45) is 2.42. The van der Waals surface area contributed by atoms with E-state index in [1.54, 1.807) is 12.1 Å². The largest absolute Gasteiger partial charge is 0.495 e. The number of nitrogens with zero attached hydrogens (tertiary/aromatic N) is 4. The standard InChI is InChI=1S/C23H26ClN5O3S/c1-31-19-13-20(32-2)18(12-17(19)24)25-22(30)15-33-23-27-26-21(14-28-10-6-7-11-28)29(23)16-8-4-3-5-9-16/h3-5,8-9,12-13H,6-7,10-11,14-15H2,1-2H3,(H,25,30). The number of hydrogen-bond acceptors (Lipinski definition) is 7. The number of amides is 1. The summed E-state index contributed by atoms with van der Waals surface area (Å²) in [6, 6.07) is 13.2. The molecule has 1 aromatic heterocycles. The van der Waals surface area contributed by atoms with Crippen molar-refractivity contribution in [3.8, 4) is 17.2 Å². The van der Waals surface area contributed by atoms with E-state index < -0.39 is 0 Å². The molecule has 0 unspecified atom stereocenters. The van der Waals surface area contributed by atoms with Crippen molar-refractivity contribution < 1.29 is 14.3 Å². The average molecular weight is 488 g/mol. The Balaban J connectivity index is 1.49. The molecule has 33 heavy (non-hydrogen) atoms. The van der Waals surface area contributed by atoms with Gasteiger partial charge < -0.3 is 14.8 Å². The van der Waals surface area contributed by atoms with Crippen LogP contribution in [0.25, 0.3) is 5.69 Å². The molecule has 1 fully saturated rings. The number of hydrogen-bond donors (Lipinski definition) is 1. The molecule has 10 heteroatoms. The maximum Gasteiger partial charge on any atom is 0.234 e. The second-order valence-corrected chi connectivity index (χ2v) is 8.93. The van der Waals surface area contributed by atoms with Crippen molar-refractivity contribution in [1.82, 2.24) is 19.7 Å². The van der Waals surface area contributed by atoms with Crippen molar-refractivity contribution in [2.45, 2.75) is 24.5 Å². The molecule has 0 spiro atoms. The zero-order valence-electron chi connectivity index (χ0n) is 18.6. The van der Waals surface area contributed by atoms with Crippen molar-refractivity contribution in [2.75, 3.05) is 38.4 Å². The first-order valence-corrected chi connectivity index (χ1v) is 12.0. The molecule has 1 N–H and O–H groups in total. The number of thioether (sulfide) groups is 1. The van der Waals surface area contributed by atoms with Gasteiger partial charge >= 0.3 is 0 Å². The maximum atomic E-state index is 12.7. The van der Waals surface area contributed by atoms with E-state index in [0.29, 0.717) is 27.4 Å². The first-order valence-electron chi connectivity index (χ1n) is 10.6. The van der Waals surface area contributed by atoms with Gasteiger partial charge in [-0.05, 0) is 44.1 Å². The number of halogens is 1. The Hall–Kier alpha value is -2.75. The van der Waals surface area contributed by atoms with Crippen LogP contribution in [0.1, 0.15) is 18.7 Å². The minimum absolute atomic E-state index is 0.154. The van der Waals surface area contributed by atoms with Gasteiger partial charge in [0, 0.05) is 11.8 Å². The summed E-state index contributed by atoms with van der Waals surface area (Å²) in [5.74, 6) is 1.76. The second kappa shape index (κ2) is 10.9. The summed E-state index contributed by atoms with van der Waals surface area (Å²) in [6.45, 7) is 2.87. The van der Waals surface area contributed by atoms with Gasteiger partial charge in [-0.3, -0.25) is 14.3 Å². The lowest BCUT2D eigenvalue weighted by molar-refractivity contribution is -0.113. The Labute approximate surface area is 202 Å². The van der Waals surface area contributed by atoms with E-state index in [4.69, 9.17) is 21.1 Å². The molecule has 0 bridgehead atoms. The van der Waals surface area contributed by atoms with E-state index in [9.17, 15) is 4.79 Å².